The molecule has 54 heavy (non-hydrogen) atoms. The lowest BCUT2D eigenvalue weighted by molar-refractivity contribution is 1.07. The molecule has 3 heterocycles. The molecule has 8 aromatic carbocycles. The molecule has 11 rings (SSSR count). The zero-order chi connectivity index (χ0) is 35.6. The maximum absolute atomic E-state index is 5.32. The van der Waals surface area contributed by atoms with Crippen molar-refractivity contribution in [2.75, 3.05) is 0 Å². The fourth-order valence-electron chi connectivity index (χ4n) is 7.88. The minimum atomic E-state index is 0.632. The Bertz CT molecular complexity index is 3200. The smallest absolute Gasteiger partial charge is 0.166 e. The van der Waals surface area contributed by atoms with Gasteiger partial charge in [-0.1, -0.05) is 146 Å². The SMILES string of the molecule is c1ccc(-c2ccc(-c3nc(-c4ccc5ccc6c7ccccc7sc6c5c4)nc(-c4cccc5c6ccccc6n(-c6ccccc6)c45)n3)cc2)cc1. The molecule has 0 aliphatic heterocycles. The Balaban J connectivity index is 1.16. The van der Waals surface area contributed by atoms with Gasteiger partial charge in [-0.25, -0.2) is 15.0 Å². The molecule has 0 fully saturated rings. The van der Waals surface area contributed by atoms with Crippen LogP contribution >= 0.6 is 11.3 Å². The van der Waals surface area contributed by atoms with Crippen LogP contribution in [-0.2, 0) is 0 Å². The van der Waals surface area contributed by atoms with E-state index in [4.69, 9.17) is 15.0 Å². The molecule has 0 spiro atoms. The highest BCUT2D eigenvalue weighted by Crippen LogP contribution is 2.41. The van der Waals surface area contributed by atoms with E-state index in [2.05, 4.69) is 180 Å². The van der Waals surface area contributed by atoms with E-state index >= 15 is 0 Å². The summed E-state index contributed by atoms with van der Waals surface area (Å²) < 4.78 is 4.90. The number of thiophene rings is 1. The van der Waals surface area contributed by atoms with Crippen molar-refractivity contribution >= 4 is 64.1 Å². The molecule has 0 bridgehead atoms. The van der Waals surface area contributed by atoms with Crippen molar-refractivity contribution in [2.24, 2.45) is 0 Å². The average Bonchev–Trinajstić information content (AvgIpc) is 3.80. The minimum Gasteiger partial charge on any atom is -0.309 e. The zero-order valence-corrected chi connectivity index (χ0v) is 29.8. The molecule has 0 unspecified atom stereocenters. The van der Waals surface area contributed by atoms with E-state index in [-0.39, 0.29) is 0 Å². The first-order valence-corrected chi connectivity index (χ1v) is 18.9. The second-order valence-corrected chi connectivity index (χ2v) is 14.7. The molecule has 11 aromatic rings. The topological polar surface area (TPSA) is 43.6 Å². The Kier molecular flexibility index (Phi) is 7.00. The van der Waals surface area contributed by atoms with Crippen LogP contribution in [0.3, 0.4) is 0 Å². The Morgan fingerprint density at radius 1 is 0.389 bits per heavy atom. The predicted molar refractivity (Wildman–Crippen MR) is 226 cm³/mol. The van der Waals surface area contributed by atoms with Crippen molar-refractivity contribution in [3.63, 3.8) is 0 Å². The van der Waals surface area contributed by atoms with Crippen LogP contribution in [0.4, 0.5) is 0 Å². The van der Waals surface area contributed by atoms with Crippen LogP contribution < -0.4 is 0 Å². The Morgan fingerprint density at radius 2 is 1.00 bits per heavy atom. The molecule has 0 amide bonds. The van der Waals surface area contributed by atoms with Crippen LogP contribution in [0.2, 0.25) is 0 Å². The third-order valence-electron chi connectivity index (χ3n) is 10.5. The van der Waals surface area contributed by atoms with Crippen molar-refractivity contribution in [1.82, 2.24) is 19.5 Å². The summed E-state index contributed by atoms with van der Waals surface area (Å²) in [7, 11) is 0. The molecule has 0 atom stereocenters. The first-order valence-electron chi connectivity index (χ1n) is 18.1. The van der Waals surface area contributed by atoms with E-state index in [1.165, 1.54) is 41.9 Å². The lowest BCUT2D eigenvalue weighted by Crippen LogP contribution is -2.02. The van der Waals surface area contributed by atoms with Crippen LogP contribution in [0.1, 0.15) is 0 Å². The van der Waals surface area contributed by atoms with Crippen LogP contribution in [0, 0.1) is 0 Å². The summed E-state index contributed by atoms with van der Waals surface area (Å²) in [5, 5.41) is 7.30. The second kappa shape index (κ2) is 12.3. The highest BCUT2D eigenvalue weighted by Gasteiger charge is 2.20. The largest absolute Gasteiger partial charge is 0.309 e. The maximum Gasteiger partial charge on any atom is 0.166 e. The van der Waals surface area contributed by atoms with E-state index in [1.54, 1.807) is 0 Å². The number of rotatable bonds is 5. The lowest BCUT2D eigenvalue weighted by Gasteiger charge is -2.13. The average molecular weight is 707 g/mol. The van der Waals surface area contributed by atoms with Gasteiger partial charge in [0.25, 0.3) is 0 Å². The van der Waals surface area contributed by atoms with Crippen LogP contribution in [0.5, 0.6) is 0 Å². The molecule has 0 aliphatic carbocycles. The van der Waals surface area contributed by atoms with Gasteiger partial charge in [0, 0.05) is 58.7 Å². The first-order chi connectivity index (χ1) is 26.8. The van der Waals surface area contributed by atoms with Crippen molar-refractivity contribution in [2.45, 2.75) is 0 Å². The number of hydrogen-bond acceptors (Lipinski definition) is 4. The number of aromatic nitrogens is 4. The molecule has 252 valence electrons. The number of nitrogens with zero attached hydrogens (tertiary/aromatic N) is 4. The third-order valence-corrected chi connectivity index (χ3v) is 11.7. The van der Waals surface area contributed by atoms with E-state index < -0.39 is 0 Å². The van der Waals surface area contributed by atoms with Gasteiger partial charge in [0.2, 0.25) is 0 Å². The summed E-state index contributed by atoms with van der Waals surface area (Å²) in [6.07, 6.45) is 0. The molecular weight excluding hydrogens is 677 g/mol. The van der Waals surface area contributed by atoms with Gasteiger partial charge in [-0.2, -0.15) is 0 Å². The van der Waals surface area contributed by atoms with Crippen LogP contribution in [0.15, 0.2) is 182 Å². The molecule has 5 heteroatoms. The van der Waals surface area contributed by atoms with Crippen molar-refractivity contribution in [3.05, 3.63) is 182 Å². The number of fused-ring (bicyclic) bond motifs is 8. The molecule has 0 aliphatic rings. The van der Waals surface area contributed by atoms with E-state index in [1.807, 2.05) is 17.4 Å². The van der Waals surface area contributed by atoms with Gasteiger partial charge in [0.1, 0.15) is 0 Å². The molecule has 0 saturated heterocycles. The molecule has 0 radical (unpaired) electrons. The zero-order valence-electron chi connectivity index (χ0n) is 29.0. The highest BCUT2D eigenvalue weighted by molar-refractivity contribution is 7.26. The van der Waals surface area contributed by atoms with Crippen molar-refractivity contribution in [3.8, 4) is 51.0 Å². The quantitative estimate of drug-likeness (QED) is 0.179. The fourth-order valence-corrected chi connectivity index (χ4v) is 9.11. The van der Waals surface area contributed by atoms with Crippen LogP contribution in [0.25, 0.3) is 104 Å². The van der Waals surface area contributed by atoms with E-state index in [9.17, 15) is 0 Å². The summed E-state index contributed by atoms with van der Waals surface area (Å²) in [4.78, 5) is 15.8. The highest BCUT2D eigenvalue weighted by atomic mass is 32.1. The molecular formula is C49H30N4S. The standard InChI is InChI=1S/C49H30N4S/c1-3-12-31(13-4-1)32-22-25-34(26-23-32)47-50-48(35-27-24-33-28-29-40-38-17-8-10-21-44(38)54-46(40)42(33)30-35)52-49(51-47)41-19-11-18-39-37-16-7-9-20-43(37)53(45(39)41)36-14-5-2-6-15-36/h1-30H. The van der Waals surface area contributed by atoms with Gasteiger partial charge in [-0.3, -0.25) is 0 Å². The van der Waals surface area contributed by atoms with Crippen LogP contribution in [-0.4, -0.2) is 19.5 Å². The maximum atomic E-state index is 5.32. The fraction of sp³-hybridized carbons (Fsp3) is 0. The summed E-state index contributed by atoms with van der Waals surface area (Å²) in [6, 6.07) is 64.3. The van der Waals surface area contributed by atoms with Gasteiger partial charge >= 0.3 is 0 Å². The first kappa shape index (κ1) is 30.7. The molecule has 0 saturated carbocycles. The van der Waals surface area contributed by atoms with E-state index in [0.717, 1.165) is 44.4 Å². The summed E-state index contributed by atoms with van der Waals surface area (Å²) in [5.74, 6) is 1.91. The van der Waals surface area contributed by atoms with Gasteiger partial charge in [0.15, 0.2) is 17.5 Å². The predicted octanol–water partition coefficient (Wildman–Crippen LogP) is 13.2. The number of para-hydroxylation sites is 3. The van der Waals surface area contributed by atoms with Gasteiger partial charge < -0.3 is 4.57 Å². The second-order valence-electron chi connectivity index (χ2n) is 13.6. The minimum absolute atomic E-state index is 0.632. The Hall–Kier alpha value is -6.95. The summed E-state index contributed by atoms with van der Waals surface area (Å²) in [5.41, 5.74) is 8.45. The van der Waals surface area contributed by atoms with Gasteiger partial charge in [0.05, 0.1) is 11.0 Å². The Morgan fingerprint density at radius 3 is 1.83 bits per heavy atom. The molecule has 4 nitrogen and oxygen atoms in total. The van der Waals surface area contributed by atoms with E-state index in [0.29, 0.717) is 17.5 Å². The lowest BCUT2D eigenvalue weighted by atomic mass is 10.0. The number of benzene rings is 8. The normalized spacial score (nSPS) is 11.7. The summed E-state index contributed by atoms with van der Waals surface area (Å²) in [6.45, 7) is 0. The number of hydrogen-bond donors (Lipinski definition) is 0. The molecule has 0 N–H and O–H groups in total. The van der Waals surface area contributed by atoms with Crippen molar-refractivity contribution < 1.29 is 0 Å². The summed E-state index contributed by atoms with van der Waals surface area (Å²) >= 11 is 1.84. The van der Waals surface area contributed by atoms with Gasteiger partial charge in [-0.05, 0) is 52.9 Å². The molecule has 3 aromatic heterocycles. The van der Waals surface area contributed by atoms with Gasteiger partial charge in [-0.15, -0.1) is 11.3 Å². The Labute approximate surface area is 315 Å². The monoisotopic (exact) mass is 706 g/mol. The third kappa shape index (κ3) is 4.94. The van der Waals surface area contributed by atoms with Crippen molar-refractivity contribution in [1.29, 1.82) is 0 Å².